The quantitative estimate of drug-likeness (QED) is 0.0203. The lowest BCUT2D eigenvalue weighted by Gasteiger charge is -2.28. The lowest BCUT2D eigenvalue weighted by molar-refractivity contribution is -0.175. The number of carboxylic acids is 1. The topological polar surface area (TPSA) is 306 Å². The van der Waals surface area contributed by atoms with Gasteiger partial charge >= 0.3 is 30.4 Å². The van der Waals surface area contributed by atoms with E-state index in [-0.39, 0.29) is 119 Å². The summed E-state index contributed by atoms with van der Waals surface area (Å²) in [6.45, 7) is 23.5. The molecule has 4 aromatic carbocycles. The van der Waals surface area contributed by atoms with Crippen molar-refractivity contribution in [3.8, 4) is 0 Å². The van der Waals surface area contributed by atoms with Gasteiger partial charge in [-0.2, -0.15) is 39.5 Å². The van der Waals surface area contributed by atoms with Crippen LogP contribution in [0.2, 0.25) is 0 Å². The van der Waals surface area contributed by atoms with Crippen LogP contribution in [-0.4, -0.2) is 200 Å². The molecular weight excluding hydrogens is 1570 g/mol. The van der Waals surface area contributed by atoms with E-state index in [2.05, 4.69) is 16.0 Å². The molecule has 119 heavy (non-hydrogen) atoms. The van der Waals surface area contributed by atoms with E-state index in [1.807, 2.05) is 112 Å². The molecule has 4 fully saturated rings. The molecule has 8 rings (SSSR count). The van der Waals surface area contributed by atoms with Gasteiger partial charge in [0.05, 0.1) is 93.9 Å². The highest BCUT2D eigenvalue weighted by Crippen LogP contribution is 2.35. The molecular formula is C88H119F9N6O16. The molecule has 0 aliphatic carbocycles. The molecule has 0 bridgehead atoms. The van der Waals surface area contributed by atoms with Crippen LogP contribution in [0.3, 0.4) is 0 Å². The van der Waals surface area contributed by atoms with E-state index in [4.69, 9.17) is 21.9 Å². The van der Waals surface area contributed by atoms with E-state index in [1.165, 1.54) is 31.2 Å². The number of carbonyl (C=O) groups excluding carboxylic acids is 10. The molecule has 0 unspecified atom stereocenters. The van der Waals surface area contributed by atoms with Crippen molar-refractivity contribution in [2.24, 2.45) is 47.3 Å². The van der Waals surface area contributed by atoms with Gasteiger partial charge in [0.2, 0.25) is 17.7 Å². The minimum atomic E-state index is -4.99. The first kappa shape index (κ1) is 97.5. The molecule has 22 nitrogen and oxygen atoms in total. The second-order valence-electron chi connectivity index (χ2n) is 33.6. The number of amides is 4. The molecule has 4 amide bonds. The monoisotopic (exact) mass is 1690 g/mol. The summed E-state index contributed by atoms with van der Waals surface area (Å²) in [6, 6.07) is 23.8. The number of benzene rings is 4. The molecule has 4 heterocycles. The first-order chi connectivity index (χ1) is 56.8. The van der Waals surface area contributed by atoms with Crippen LogP contribution in [0.4, 0.5) is 39.5 Å². The smallest absolute Gasteiger partial charge is 0.471 e. The number of nitrogens with zero attached hydrogens (tertiary/aromatic N) is 2. The number of ether oxygens (including phenoxy) is 4. The maximum Gasteiger partial charge on any atom is 0.471 e. The number of aryl methyl sites for hydroxylation is 2. The number of nitrogens with one attached hydrogen (secondary N) is 4. The Hall–Kier alpha value is -8.62. The molecule has 5 N–H and O–H groups in total. The van der Waals surface area contributed by atoms with Crippen molar-refractivity contribution in [3.05, 3.63) is 143 Å². The molecule has 0 saturated carbocycles. The van der Waals surface area contributed by atoms with Gasteiger partial charge in [0.25, 0.3) is 0 Å². The third-order valence-corrected chi connectivity index (χ3v) is 21.0. The predicted octanol–water partition coefficient (Wildman–Crippen LogP) is 12.4. The summed E-state index contributed by atoms with van der Waals surface area (Å²) in [6.07, 6.45) is -12.2. The first-order valence-electron chi connectivity index (χ1n) is 41.8. The molecule has 660 valence electrons. The van der Waals surface area contributed by atoms with E-state index < -0.39 is 142 Å². The minimum absolute atomic E-state index is 0.00425. The average Bonchev–Trinajstić information content (AvgIpc) is 1.64. The Morgan fingerprint density at radius 3 is 1.06 bits per heavy atom. The van der Waals surface area contributed by atoms with Crippen molar-refractivity contribution in [2.45, 2.75) is 213 Å². The van der Waals surface area contributed by atoms with Gasteiger partial charge in [-0.05, 0) is 148 Å². The molecule has 31 heteroatoms. The van der Waals surface area contributed by atoms with Gasteiger partial charge in [-0.25, -0.2) is 0 Å². The Labute approximate surface area is 693 Å². The Balaban J connectivity index is 0.000000356. The van der Waals surface area contributed by atoms with Crippen LogP contribution < -0.4 is 21.3 Å². The van der Waals surface area contributed by atoms with Gasteiger partial charge in [0.15, 0.2) is 23.1 Å². The molecule has 0 aromatic heterocycles. The number of Topliss-reactive ketones (excluding diaryl/α,β-unsaturated/α-hetero) is 6. The summed E-state index contributed by atoms with van der Waals surface area (Å²) in [5.41, 5.74) is -0.973. The first-order valence-corrected chi connectivity index (χ1v) is 40.8. The molecule has 4 aliphatic rings. The van der Waals surface area contributed by atoms with Gasteiger partial charge in [0, 0.05) is 72.6 Å². The Bertz CT molecular complexity index is 3970. The highest BCUT2D eigenvalue weighted by molar-refractivity contribution is 5.99. The van der Waals surface area contributed by atoms with E-state index >= 15 is 0 Å². The van der Waals surface area contributed by atoms with Crippen LogP contribution in [0.15, 0.2) is 109 Å². The Morgan fingerprint density at radius 1 is 0.429 bits per heavy atom. The number of halogens is 9. The number of carbonyl (C=O) groups is 11. The van der Waals surface area contributed by atoms with E-state index in [0.717, 1.165) is 35.4 Å². The summed E-state index contributed by atoms with van der Waals surface area (Å²) < 4.78 is 146. The highest BCUT2D eigenvalue weighted by Gasteiger charge is 2.53. The number of alkyl halides is 9. The lowest BCUT2D eigenvalue weighted by atomic mass is 9.87. The summed E-state index contributed by atoms with van der Waals surface area (Å²) in [5.74, 6) is -10.4. The zero-order valence-corrected chi connectivity index (χ0v) is 69.6. The van der Waals surface area contributed by atoms with Crippen LogP contribution in [0, 0.1) is 47.3 Å². The molecule has 10 atom stereocenters. The van der Waals surface area contributed by atoms with E-state index in [0.29, 0.717) is 95.8 Å². The van der Waals surface area contributed by atoms with Crippen molar-refractivity contribution in [3.63, 3.8) is 0 Å². The van der Waals surface area contributed by atoms with Crippen molar-refractivity contribution in [1.29, 1.82) is 0 Å². The normalized spacial score (nSPS) is 19.1. The molecule has 4 aromatic rings. The zero-order chi connectivity index (χ0) is 90.2. The standard InChI is InChI=1S/C43H58F3N3O7.C34H43F3N2O6.C11H16F3NO3.H2/c1-28(2)21-36(47-40(53)32(14-11-30-9-7-6-8-10-30)24-35(50)26-49-17-19-55-20-18-49)38(51)25-33(23-31-12-15-34(16-13-31)43(44,45)46)41(54)48-37(22-29(3)4)39(52)42(5)27-56-42;1-23(2)18-30(31(41)21-27(33(43)44)19-25-9-12-28(13-10-25)34(35,36)37)38-32(42)26(11-8-24-6-4-3-5-7-24)20-29(40)22-39-14-16-45-17-15-39;1-6(2)4-7(8(16)10(3)5-18-10)15-9(17)11(12,13)14;/h6-10,12-13,15-16,28-29,32-33,36-37H,11,14,17-27H2,1-5H3,(H,47,53)(H,48,54);3-7,9-10,12-13,23,26-27,30H,8,11,14-22H2,1-2H3,(H,38,42)(H,43,44);6-7H,4-5H2,1-3H3,(H,15,17);1H/t32-,33-,36+,37+,42-;26-,27-,30+;7-,10+;/m110./s1/i;;;1+1D. The fraction of sp³-hybridized carbons (Fsp3) is 0.602. The molecule has 0 radical (unpaired) electrons. The Morgan fingerprint density at radius 2 is 0.739 bits per heavy atom. The van der Waals surface area contributed by atoms with Crippen molar-refractivity contribution < 1.29 is 119 Å². The predicted molar refractivity (Wildman–Crippen MR) is 427 cm³/mol. The average molecular weight is 1690 g/mol. The van der Waals surface area contributed by atoms with Crippen LogP contribution in [0.5, 0.6) is 0 Å². The summed E-state index contributed by atoms with van der Waals surface area (Å²) in [5, 5.41) is 20.2. The van der Waals surface area contributed by atoms with E-state index in [1.54, 1.807) is 26.1 Å². The maximum atomic E-state index is 14.2. The number of epoxide rings is 2. The fourth-order valence-corrected chi connectivity index (χ4v) is 14.1. The lowest BCUT2D eigenvalue weighted by Crippen LogP contribution is -2.50. The molecule has 4 aliphatic heterocycles. The second kappa shape index (κ2) is 46.4. The number of hydrogen-bond donors (Lipinski definition) is 5. The molecule has 4 saturated heterocycles. The third-order valence-electron chi connectivity index (χ3n) is 21.0. The van der Waals surface area contributed by atoms with E-state index in [9.17, 15) is 97.4 Å². The number of ketones is 6. The summed E-state index contributed by atoms with van der Waals surface area (Å²) in [7, 11) is 0. The van der Waals surface area contributed by atoms with Crippen LogP contribution in [0.1, 0.15) is 170 Å². The number of morpholine rings is 2. The van der Waals surface area contributed by atoms with Crippen LogP contribution in [-0.2, 0) is 110 Å². The van der Waals surface area contributed by atoms with Gasteiger partial charge < -0.3 is 45.3 Å². The third kappa shape index (κ3) is 35.2. The van der Waals surface area contributed by atoms with Crippen molar-refractivity contribution in [1.82, 2.24) is 31.1 Å². The van der Waals surface area contributed by atoms with Gasteiger partial charge in [0.1, 0.15) is 22.8 Å². The van der Waals surface area contributed by atoms with Crippen LogP contribution >= 0.6 is 0 Å². The van der Waals surface area contributed by atoms with Crippen molar-refractivity contribution in [2.75, 3.05) is 78.9 Å². The van der Waals surface area contributed by atoms with Gasteiger partial charge in [-0.15, -0.1) is 0 Å². The van der Waals surface area contributed by atoms with Crippen molar-refractivity contribution >= 4 is 64.3 Å². The number of hydrogen-bond acceptors (Lipinski definition) is 17. The fourth-order valence-electron chi connectivity index (χ4n) is 14.1. The summed E-state index contributed by atoms with van der Waals surface area (Å²) >= 11 is 0. The Kier molecular flexibility index (Phi) is 38.0. The zero-order valence-electron chi connectivity index (χ0n) is 71.6. The largest absolute Gasteiger partial charge is 0.481 e. The maximum absolute atomic E-state index is 14.2. The molecule has 0 spiro atoms. The number of rotatable bonds is 44. The SMILES string of the molecule is CC(C)C[C@H](NC(=O)C(F)(F)F)C(=O)[C@@]1(C)CO1.CC(C)C[C@H](NC(=O)[C@H](CCc1ccccc1)CC(=O)CN1CCOCC1)C(=O)C[C@@H](Cc1ccc(C(F)(F)F)cc1)C(=O)N[C@@H](CC(C)C)C(=O)[C@@]1(C)CO1.CC(C)C[C@H](NC(=O)[C@H](CCc1ccccc1)CC(=O)CN1CCOCC1)C(=O)C[C@@H](Cc1ccc(C(F)(F)F)cc1)C(=O)O.[2H][2H]. The van der Waals surface area contributed by atoms with Gasteiger partial charge in [-0.3, -0.25) is 62.5 Å². The second-order valence-corrected chi connectivity index (χ2v) is 33.6. The number of aliphatic carboxylic acids is 1. The minimum Gasteiger partial charge on any atom is -0.481 e. The summed E-state index contributed by atoms with van der Waals surface area (Å²) in [4.78, 5) is 148. The van der Waals surface area contributed by atoms with Crippen LogP contribution in [0.25, 0.3) is 0 Å². The number of carboxylic acid groups (broad SMARTS) is 1. The van der Waals surface area contributed by atoms with Gasteiger partial charge in [-0.1, -0.05) is 140 Å². The highest BCUT2D eigenvalue weighted by atomic mass is 19.4.